The molecule has 0 saturated carbocycles. The van der Waals surface area contributed by atoms with E-state index in [-0.39, 0.29) is 5.91 Å². The summed E-state index contributed by atoms with van der Waals surface area (Å²) >= 11 is 1.42. The van der Waals surface area contributed by atoms with Gasteiger partial charge in [-0.05, 0) is 17.5 Å². The molecule has 5 heteroatoms. The summed E-state index contributed by atoms with van der Waals surface area (Å²) in [4.78, 5) is 17.1. The van der Waals surface area contributed by atoms with Crippen molar-refractivity contribution in [1.82, 2.24) is 4.98 Å². The second-order valence-corrected chi connectivity index (χ2v) is 6.45. The van der Waals surface area contributed by atoms with Crippen LogP contribution in [0.3, 0.4) is 0 Å². The van der Waals surface area contributed by atoms with Crippen LogP contribution in [0, 0.1) is 0 Å². The number of hydrogen-bond acceptors (Lipinski definition) is 4. The van der Waals surface area contributed by atoms with Gasteiger partial charge in [-0.15, -0.1) is 11.3 Å². The van der Waals surface area contributed by atoms with E-state index < -0.39 is 6.10 Å². The first-order valence-corrected chi connectivity index (χ1v) is 8.70. The molecule has 4 nitrogen and oxygen atoms in total. The number of aromatic nitrogens is 1. The van der Waals surface area contributed by atoms with Crippen LogP contribution in [0.25, 0.3) is 11.3 Å². The van der Waals surface area contributed by atoms with E-state index in [1.54, 1.807) is 0 Å². The predicted molar refractivity (Wildman–Crippen MR) is 95.0 cm³/mol. The fourth-order valence-electron chi connectivity index (χ4n) is 2.85. The first-order chi connectivity index (χ1) is 11.8. The minimum absolute atomic E-state index is 0.170. The molecular weight excluding hydrogens is 320 g/mol. The first-order valence-electron chi connectivity index (χ1n) is 7.82. The lowest BCUT2D eigenvalue weighted by Crippen LogP contribution is -2.28. The molecule has 1 aromatic heterocycles. The highest BCUT2D eigenvalue weighted by molar-refractivity contribution is 7.14. The van der Waals surface area contributed by atoms with Gasteiger partial charge in [0.25, 0.3) is 5.91 Å². The van der Waals surface area contributed by atoms with E-state index >= 15 is 0 Å². The Balaban J connectivity index is 1.53. The van der Waals surface area contributed by atoms with Crippen molar-refractivity contribution in [3.63, 3.8) is 0 Å². The number of carbonyl (C=O) groups is 1. The summed E-state index contributed by atoms with van der Waals surface area (Å²) < 4.78 is 5.69. The van der Waals surface area contributed by atoms with Gasteiger partial charge >= 0.3 is 0 Å². The minimum atomic E-state index is -0.570. The van der Waals surface area contributed by atoms with Crippen molar-refractivity contribution in [2.45, 2.75) is 12.5 Å². The number of fused-ring (bicyclic) bond motifs is 1. The molecule has 1 aliphatic heterocycles. The van der Waals surface area contributed by atoms with Crippen molar-refractivity contribution < 1.29 is 9.53 Å². The molecule has 0 radical (unpaired) electrons. The van der Waals surface area contributed by atoms with Crippen LogP contribution in [-0.4, -0.2) is 17.5 Å². The van der Waals surface area contributed by atoms with E-state index in [1.165, 1.54) is 16.9 Å². The summed E-state index contributed by atoms with van der Waals surface area (Å²) in [6, 6.07) is 17.8. The van der Waals surface area contributed by atoms with Crippen LogP contribution in [0.1, 0.15) is 17.2 Å². The number of thiazole rings is 1. The Morgan fingerprint density at radius 2 is 1.92 bits per heavy atom. The Kier molecular flexibility index (Phi) is 4.11. The zero-order valence-electron chi connectivity index (χ0n) is 12.9. The molecule has 0 bridgehead atoms. The summed E-state index contributed by atoms with van der Waals surface area (Å²) in [7, 11) is 0. The number of hydrogen-bond donors (Lipinski definition) is 1. The maximum absolute atomic E-state index is 12.6. The second-order valence-electron chi connectivity index (χ2n) is 5.59. The highest BCUT2D eigenvalue weighted by Crippen LogP contribution is 2.29. The number of benzene rings is 2. The molecule has 0 spiro atoms. The third-order valence-corrected chi connectivity index (χ3v) is 4.79. The van der Waals surface area contributed by atoms with Gasteiger partial charge in [-0.25, -0.2) is 4.98 Å². The molecule has 0 saturated heterocycles. The Morgan fingerprint density at radius 1 is 1.12 bits per heavy atom. The molecule has 1 N–H and O–H groups in total. The lowest BCUT2D eigenvalue weighted by molar-refractivity contribution is -0.128. The number of amides is 1. The van der Waals surface area contributed by atoms with Gasteiger partial charge in [0.2, 0.25) is 0 Å². The Labute approximate surface area is 144 Å². The minimum Gasteiger partial charge on any atom is -0.363 e. The standard InChI is InChI=1S/C19H16N2O2S/c22-18(17-15-9-5-4-6-13(15)10-11-23-17)21-19-20-16(12-24-19)14-7-2-1-3-8-14/h1-9,12,17H,10-11H2,(H,20,21,22)/t17-/m1/s1. The van der Waals surface area contributed by atoms with Crippen molar-refractivity contribution in [2.24, 2.45) is 0 Å². The highest BCUT2D eigenvalue weighted by atomic mass is 32.1. The van der Waals surface area contributed by atoms with Gasteiger partial charge in [0, 0.05) is 10.9 Å². The molecule has 4 rings (SSSR count). The van der Waals surface area contributed by atoms with E-state index in [0.29, 0.717) is 11.7 Å². The van der Waals surface area contributed by atoms with Crippen LogP contribution in [-0.2, 0) is 16.0 Å². The second kappa shape index (κ2) is 6.55. The van der Waals surface area contributed by atoms with Crippen molar-refractivity contribution >= 4 is 22.4 Å². The quantitative estimate of drug-likeness (QED) is 0.784. The van der Waals surface area contributed by atoms with Gasteiger partial charge < -0.3 is 4.74 Å². The van der Waals surface area contributed by atoms with Gasteiger partial charge in [-0.2, -0.15) is 0 Å². The summed E-state index contributed by atoms with van der Waals surface area (Å²) in [5.74, 6) is -0.170. The fraction of sp³-hybridized carbons (Fsp3) is 0.158. The third kappa shape index (κ3) is 2.96. The maximum Gasteiger partial charge on any atom is 0.259 e. The van der Waals surface area contributed by atoms with Gasteiger partial charge in [0.1, 0.15) is 0 Å². The van der Waals surface area contributed by atoms with Crippen LogP contribution in [0.15, 0.2) is 60.0 Å². The number of carbonyl (C=O) groups excluding carboxylic acids is 1. The van der Waals surface area contributed by atoms with E-state index in [1.807, 2.05) is 53.9 Å². The number of anilines is 1. The molecule has 1 atom stereocenters. The number of nitrogens with one attached hydrogen (secondary N) is 1. The van der Waals surface area contributed by atoms with Crippen LogP contribution in [0.2, 0.25) is 0 Å². The number of ether oxygens (including phenoxy) is 1. The molecule has 2 heterocycles. The highest BCUT2D eigenvalue weighted by Gasteiger charge is 2.27. The lowest BCUT2D eigenvalue weighted by Gasteiger charge is -2.24. The summed E-state index contributed by atoms with van der Waals surface area (Å²) in [6.07, 6.45) is 0.272. The van der Waals surface area contributed by atoms with Gasteiger partial charge in [0.15, 0.2) is 11.2 Å². The summed E-state index contributed by atoms with van der Waals surface area (Å²) in [5.41, 5.74) is 4.02. The molecule has 0 aliphatic carbocycles. The van der Waals surface area contributed by atoms with Crippen molar-refractivity contribution in [3.8, 4) is 11.3 Å². The molecule has 0 fully saturated rings. The Bertz CT molecular complexity index is 861. The molecule has 0 unspecified atom stereocenters. The zero-order chi connectivity index (χ0) is 16.4. The summed E-state index contributed by atoms with van der Waals surface area (Å²) in [5, 5.41) is 5.42. The SMILES string of the molecule is O=C(Nc1nc(-c2ccccc2)cs1)[C@@H]1OCCc2ccccc21. The van der Waals surface area contributed by atoms with Gasteiger partial charge in [-0.3, -0.25) is 10.1 Å². The number of rotatable bonds is 3. The Hall–Kier alpha value is -2.50. The average Bonchev–Trinajstić information content (AvgIpc) is 3.10. The van der Waals surface area contributed by atoms with Gasteiger partial charge in [0.05, 0.1) is 12.3 Å². The van der Waals surface area contributed by atoms with Crippen LogP contribution in [0.4, 0.5) is 5.13 Å². The third-order valence-electron chi connectivity index (χ3n) is 4.04. The van der Waals surface area contributed by atoms with Crippen LogP contribution < -0.4 is 5.32 Å². The van der Waals surface area contributed by atoms with Crippen LogP contribution in [0.5, 0.6) is 0 Å². The van der Waals surface area contributed by atoms with Gasteiger partial charge in [-0.1, -0.05) is 54.6 Å². The smallest absolute Gasteiger partial charge is 0.259 e. The van der Waals surface area contributed by atoms with E-state index in [9.17, 15) is 4.79 Å². The molecule has 120 valence electrons. The Morgan fingerprint density at radius 3 is 2.79 bits per heavy atom. The van der Waals surface area contributed by atoms with Crippen molar-refractivity contribution in [1.29, 1.82) is 0 Å². The summed E-state index contributed by atoms with van der Waals surface area (Å²) in [6.45, 7) is 0.558. The zero-order valence-corrected chi connectivity index (χ0v) is 13.8. The molecule has 3 aromatic rings. The largest absolute Gasteiger partial charge is 0.363 e. The van der Waals surface area contributed by atoms with Crippen molar-refractivity contribution in [3.05, 3.63) is 71.1 Å². The fourth-order valence-corrected chi connectivity index (χ4v) is 3.58. The molecule has 24 heavy (non-hydrogen) atoms. The average molecular weight is 336 g/mol. The van der Waals surface area contributed by atoms with Crippen LogP contribution >= 0.6 is 11.3 Å². The normalized spacial score (nSPS) is 16.4. The van der Waals surface area contributed by atoms with E-state index in [2.05, 4.69) is 16.4 Å². The predicted octanol–water partition coefficient (Wildman–Crippen LogP) is 4.06. The molecule has 1 amide bonds. The topological polar surface area (TPSA) is 51.2 Å². The molecular formula is C19H16N2O2S. The number of nitrogens with zero attached hydrogens (tertiary/aromatic N) is 1. The maximum atomic E-state index is 12.6. The van der Waals surface area contributed by atoms with Crippen molar-refractivity contribution in [2.75, 3.05) is 11.9 Å². The lowest BCUT2D eigenvalue weighted by atomic mass is 9.97. The van der Waals surface area contributed by atoms with E-state index in [0.717, 1.165) is 23.2 Å². The van der Waals surface area contributed by atoms with E-state index in [4.69, 9.17) is 4.74 Å². The first kappa shape index (κ1) is 15.1. The molecule has 2 aromatic carbocycles. The monoisotopic (exact) mass is 336 g/mol. The molecule has 1 aliphatic rings.